The van der Waals surface area contributed by atoms with Gasteiger partial charge in [-0.1, -0.05) is 121 Å². The first-order valence-corrected chi connectivity index (χ1v) is 16.6. The third-order valence-corrected chi connectivity index (χ3v) is 10.1. The Kier molecular flexibility index (Phi) is 5.98. The van der Waals surface area contributed by atoms with E-state index in [0.717, 1.165) is 75.6 Å². The topological polar surface area (TPSA) is 64.7 Å². The van der Waals surface area contributed by atoms with E-state index in [0.29, 0.717) is 17.5 Å². The zero-order valence-electron chi connectivity index (χ0n) is 25.5. The van der Waals surface area contributed by atoms with Crippen LogP contribution in [0, 0.1) is 0 Å². The maximum absolute atomic E-state index is 6.26. The molecule has 0 unspecified atom stereocenters. The molecule has 0 aliphatic carbocycles. The van der Waals surface area contributed by atoms with E-state index in [9.17, 15) is 0 Å². The predicted molar refractivity (Wildman–Crippen MR) is 197 cm³/mol. The largest absolute Gasteiger partial charge is 0.456 e. The summed E-state index contributed by atoms with van der Waals surface area (Å²) < 4.78 is 7.40. The van der Waals surface area contributed by atoms with Crippen molar-refractivity contribution >= 4 is 65.0 Å². The molecular formula is C42H24N4OS. The summed E-state index contributed by atoms with van der Waals surface area (Å²) in [5.41, 5.74) is 6.39. The molecule has 0 aliphatic rings. The Morgan fingerprint density at radius 3 is 2.00 bits per heavy atom. The molecule has 3 heterocycles. The van der Waals surface area contributed by atoms with Crippen LogP contribution in [-0.2, 0) is 0 Å². The second-order valence-corrected chi connectivity index (χ2v) is 12.8. The van der Waals surface area contributed by atoms with Crippen LogP contribution in [0.4, 0.5) is 0 Å². The number of benzene rings is 7. The van der Waals surface area contributed by atoms with Crippen molar-refractivity contribution in [3.63, 3.8) is 0 Å². The summed E-state index contributed by atoms with van der Waals surface area (Å²) in [6, 6.07) is 49.8. The molecule has 0 spiro atoms. The van der Waals surface area contributed by atoms with Gasteiger partial charge in [-0.15, -0.1) is 11.3 Å². The Labute approximate surface area is 278 Å². The van der Waals surface area contributed by atoms with E-state index in [1.165, 1.54) is 5.39 Å². The Hall–Kier alpha value is -6.24. The molecule has 5 nitrogen and oxygen atoms in total. The van der Waals surface area contributed by atoms with E-state index in [1.807, 2.05) is 36.4 Å². The second kappa shape index (κ2) is 10.7. The normalized spacial score (nSPS) is 11.8. The summed E-state index contributed by atoms with van der Waals surface area (Å²) in [7, 11) is 0. The average molecular weight is 633 g/mol. The Morgan fingerprint density at radius 2 is 1.12 bits per heavy atom. The lowest BCUT2D eigenvalue weighted by Crippen LogP contribution is -2.01. The maximum atomic E-state index is 6.26. The summed E-state index contributed by atoms with van der Waals surface area (Å²) in [6.07, 6.45) is 0. The molecule has 0 saturated carbocycles. The summed E-state index contributed by atoms with van der Waals surface area (Å²) >= 11 is 1.71. The third kappa shape index (κ3) is 4.31. The molecule has 7 aromatic carbocycles. The molecule has 0 N–H and O–H groups in total. The molecule has 48 heavy (non-hydrogen) atoms. The van der Waals surface area contributed by atoms with Gasteiger partial charge in [0.25, 0.3) is 0 Å². The first-order valence-electron chi connectivity index (χ1n) is 15.8. The van der Waals surface area contributed by atoms with Gasteiger partial charge in [-0.3, -0.25) is 0 Å². The predicted octanol–water partition coefficient (Wildman–Crippen LogP) is 11.4. The number of para-hydroxylation sites is 1. The number of hydrogen-bond donors (Lipinski definition) is 0. The summed E-state index contributed by atoms with van der Waals surface area (Å²) in [5, 5.41) is 7.49. The molecule has 0 atom stereocenters. The number of nitrogens with zero attached hydrogens (tertiary/aromatic N) is 4. The van der Waals surface area contributed by atoms with E-state index in [-0.39, 0.29) is 0 Å². The zero-order chi connectivity index (χ0) is 31.6. The monoisotopic (exact) mass is 632 g/mol. The molecule has 224 valence electrons. The van der Waals surface area contributed by atoms with Crippen molar-refractivity contribution < 1.29 is 4.42 Å². The minimum Gasteiger partial charge on any atom is -0.456 e. The highest BCUT2D eigenvalue weighted by Gasteiger charge is 2.20. The van der Waals surface area contributed by atoms with Crippen LogP contribution < -0.4 is 0 Å². The van der Waals surface area contributed by atoms with Gasteiger partial charge < -0.3 is 4.42 Å². The number of furan rings is 1. The Bertz CT molecular complexity index is 2860. The van der Waals surface area contributed by atoms with Crippen LogP contribution in [0.1, 0.15) is 0 Å². The molecule has 10 rings (SSSR count). The van der Waals surface area contributed by atoms with Gasteiger partial charge in [-0.2, -0.15) is 0 Å². The van der Waals surface area contributed by atoms with Gasteiger partial charge in [-0.05, 0) is 40.4 Å². The van der Waals surface area contributed by atoms with Crippen LogP contribution >= 0.6 is 11.3 Å². The lowest BCUT2D eigenvalue weighted by atomic mass is 10.0. The van der Waals surface area contributed by atoms with Crippen molar-refractivity contribution in [2.24, 2.45) is 0 Å². The minimum atomic E-state index is 0.591. The van der Waals surface area contributed by atoms with Gasteiger partial charge in [0.05, 0.1) is 10.2 Å². The molecule has 0 fully saturated rings. The molecule has 0 aliphatic heterocycles. The Balaban J connectivity index is 1.26. The number of hydrogen-bond acceptors (Lipinski definition) is 6. The van der Waals surface area contributed by atoms with Crippen LogP contribution in [0.3, 0.4) is 0 Å². The lowest BCUT2D eigenvalue weighted by molar-refractivity contribution is 0.669. The number of fused-ring (bicyclic) bond motifs is 7. The van der Waals surface area contributed by atoms with Crippen molar-refractivity contribution in [2.45, 2.75) is 0 Å². The van der Waals surface area contributed by atoms with Crippen LogP contribution in [0.25, 0.3) is 98.4 Å². The highest BCUT2D eigenvalue weighted by molar-refractivity contribution is 7.22. The van der Waals surface area contributed by atoms with Crippen LogP contribution in [0.5, 0.6) is 0 Å². The zero-order valence-corrected chi connectivity index (χ0v) is 26.3. The average Bonchev–Trinajstić information content (AvgIpc) is 3.77. The van der Waals surface area contributed by atoms with Gasteiger partial charge in [0.1, 0.15) is 16.2 Å². The molecule has 3 aromatic heterocycles. The standard InChI is InChI=1S/C42H24N4OS/c1-2-12-26(13-3-1)42-43-34-24-33(29-15-6-7-16-30(29)38(34)48-42)41-45-39(28-22-21-25-11-4-5-14-27(25)23-28)44-40(46-41)32-18-10-20-36-37(32)31-17-8-9-19-35(31)47-36/h1-24H. The molecular weight excluding hydrogens is 609 g/mol. The van der Waals surface area contributed by atoms with E-state index >= 15 is 0 Å². The number of aromatic nitrogens is 4. The third-order valence-electron chi connectivity index (χ3n) is 8.94. The highest BCUT2D eigenvalue weighted by Crippen LogP contribution is 2.41. The summed E-state index contributed by atoms with van der Waals surface area (Å²) in [5.74, 6) is 1.80. The fourth-order valence-corrected chi connectivity index (χ4v) is 7.77. The molecule has 6 heteroatoms. The van der Waals surface area contributed by atoms with Crippen molar-refractivity contribution in [1.82, 2.24) is 19.9 Å². The first kappa shape index (κ1) is 26.9. The molecule has 0 saturated heterocycles. The van der Waals surface area contributed by atoms with Crippen molar-refractivity contribution in [1.29, 1.82) is 0 Å². The van der Waals surface area contributed by atoms with Crippen molar-refractivity contribution in [3.8, 4) is 44.7 Å². The van der Waals surface area contributed by atoms with E-state index in [4.69, 9.17) is 24.4 Å². The van der Waals surface area contributed by atoms with Gasteiger partial charge in [0, 0.05) is 38.4 Å². The second-order valence-electron chi connectivity index (χ2n) is 11.8. The fourth-order valence-electron chi connectivity index (χ4n) is 6.68. The van der Waals surface area contributed by atoms with Gasteiger partial charge >= 0.3 is 0 Å². The quantitative estimate of drug-likeness (QED) is 0.193. The van der Waals surface area contributed by atoms with Gasteiger partial charge in [0.2, 0.25) is 0 Å². The summed E-state index contributed by atoms with van der Waals surface area (Å²) in [4.78, 5) is 20.7. The van der Waals surface area contributed by atoms with E-state index in [1.54, 1.807) is 11.3 Å². The van der Waals surface area contributed by atoms with Gasteiger partial charge in [0.15, 0.2) is 17.5 Å². The first-order chi connectivity index (χ1) is 23.8. The highest BCUT2D eigenvalue weighted by atomic mass is 32.1. The van der Waals surface area contributed by atoms with Crippen LogP contribution in [-0.4, -0.2) is 19.9 Å². The molecule has 0 bridgehead atoms. The number of thiazole rings is 1. The fraction of sp³-hybridized carbons (Fsp3) is 0. The summed E-state index contributed by atoms with van der Waals surface area (Å²) in [6.45, 7) is 0. The molecule has 0 radical (unpaired) electrons. The Morgan fingerprint density at radius 1 is 0.438 bits per heavy atom. The maximum Gasteiger partial charge on any atom is 0.164 e. The SMILES string of the molecule is c1ccc(-c2nc3cc(-c4nc(-c5ccc6ccccc6c5)nc(-c5cccc6oc7ccccc7c56)n4)c4ccccc4c3s2)cc1. The molecule has 0 amide bonds. The van der Waals surface area contributed by atoms with Crippen molar-refractivity contribution in [2.75, 3.05) is 0 Å². The minimum absolute atomic E-state index is 0.591. The van der Waals surface area contributed by atoms with Gasteiger partial charge in [-0.25, -0.2) is 19.9 Å². The number of rotatable bonds is 4. The van der Waals surface area contributed by atoms with E-state index < -0.39 is 0 Å². The molecule has 10 aromatic rings. The lowest BCUT2D eigenvalue weighted by Gasteiger charge is -2.12. The van der Waals surface area contributed by atoms with Crippen LogP contribution in [0.15, 0.2) is 150 Å². The van der Waals surface area contributed by atoms with Crippen LogP contribution in [0.2, 0.25) is 0 Å². The van der Waals surface area contributed by atoms with E-state index in [2.05, 4.69) is 109 Å². The van der Waals surface area contributed by atoms with Crippen molar-refractivity contribution in [3.05, 3.63) is 146 Å². The smallest absolute Gasteiger partial charge is 0.164 e.